The maximum Gasteiger partial charge on any atom is 0.435 e. The van der Waals surface area contributed by atoms with Crippen molar-refractivity contribution >= 4 is 21.5 Å². The van der Waals surface area contributed by atoms with E-state index >= 15 is 0 Å². The Bertz CT molecular complexity index is 1180. The van der Waals surface area contributed by atoms with E-state index in [1.807, 2.05) is 5.10 Å². The molecule has 0 fully saturated rings. The molecule has 0 aliphatic rings. The monoisotopic (exact) mass is 412 g/mol. The third-order valence-electron chi connectivity index (χ3n) is 3.56. The predicted molar refractivity (Wildman–Crippen MR) is 91.8 cm³/mol. The minimum atomic E-state index is -4.89. The van der Waals surface area contributed by atoms with E-state index in [-0.39, 0.29) is 11.4 Å². The number of halogens is 3. The molecule has 2 N–H and O–H groups in total. The van der Waals surface area contributed by atoms with Crippen molar-refractivity contribution in [3.8, 4) is 5.69 Å². The zero-order valence-electron chi connectivity index (χ0n) is 13.8. The van der Waals surface area contributed by atoms with Gasteiger partial charge in [-0.15, -0.1) is 5.11 Å². The van der Waals surface area contributed by atoms with Crippen molar-refractivity contribution in [3.05, 3.63) is 70.6 Å². The Balaban J connectivity index is 2.05. The first kappa shape index (κ1) is 19.5. The molecule has 1 aromatic heterocycles. The van der Waals surface area contributed by atoms with E-state index in [1.165, 1.54) is 12.1 Å². The van der Waals surface area contributed by atoms with Crippen LogP contribution in [-0.2, 0) is 16.3 Å². The van der Waals surface area contributed by atoms with Crippen LogP contribution in [-0.4, -0.2) is 22.8 Å². The summed E-state index contributed by atoms with van der Waals surface area (Å²) in [5, 5.41) is 8.95. The minimum absolute atomic E-state index is 0.0209. The van der Waals surface area contributed by atoms with E-state index in [4.69, 9.17) is 4.55 Å². The van der Waals surface area contributed by atoms with E-state index in [2.05, 4.69) is 10.2 Å². The van der Waals surface area contributed by atoms with Crippen molar-refractivity contribution < 1.29 is 26.1 Å². The molecule has 0 radical (unpaired) electrons. The van der Waals surface area contributed by atoms with Crippen molar-refractivity contribution in [1.82, 2.24) is 9.78 Å². The number of nitrogens with zero attached hydrogens (tertiary/aromatic N) is 3. The van der Waals surface area contributed by atoms with Crippen LogP contribution in [0.1, 0.15) is 5.69 Å². The molecular formula is C16H11F3N4O4S. The molecule has 0 atom stereocenters. The van der Waals surface area contributed by atoms with Crippen LogP contribution in [0.15, 0.2) is 74.5 Å². The molecular weight excluding hydrogens is 401 g/mol. The largest absolute Gasteiger partial charge is 0.435 e. The molecule has 12 heteroatoms. The Kier molecular flexibility index (Phi) is 4.91. The van der Waals surface area contributed by atoms with Gasteiger partial charge in [0.1, 0.15) is 0 Å². The lowest BCUT2D eigenvalue weighted by molar-refractivity contribution is -0.140. The lowest BCUT2D eigenvalue weighted by atomic mass is 10.3. The van der Waals surface area contributed by atoms with Gasteiger partial charge in [0.25, 0.3) is 15.7 Å². The first-order valence-corrected chi connectivity index (χ1v) is 8.98. The van der Waals surface area contributed by atoms with Gasteiger partial charge >= 0.3 is 6.18 Å². The molecule has 0 aliphatic carbocycles. The van der Waals surface area contributed by atoms with Gasteiger partial charge in [0.05, 0.1) is 16.3 Å². The van der Waals surface area contributed by atoms with Crippen LogP contribution in [0.5, 0.6) is 0 Å². The highest BCUT2D eigenvalue weighted by Crippen LogP contribution is 2.34. The molecule has 3 aromatic rings. The summed E-state index contributed by atoms with van der Waals surface area (Å²) >= 11 is 0. The van der Waals surface area contributed by atoms with Crippen molar-refractivity contribution in [2.75, 3.05) is 0 Å². The van der Waals surface area contributed by atoms with Crippen molar-refractivity contribution in [2.24, 2.45) is 10.2 Å². The molecule has 0 saturated carbocycles. The first-order valence-electron chi connectivity index (χ1n) is 7.54. The molecule has 28 heavy (non-hydrogen) atoms. The molecule has 0 unspecified atom stereocenters. The Morgan fingerprint density at radius 1 is 0.964 bits per heavy atom. The molecule has 2 aromatic carbocycles. The second kappa shape index (κ2) is 7.05. The Labute approximate surface area is 155 Å². The number of hydrogen-bond donors (Lipinski definition) is 2. The summed E-state index contributed by atoms with van der Waals surface area (Å²) in [5.74, 6) is 0. The third-order valence-corrected chi connectivity index (χ3v) is 4.43. The summed E-state index contributed by atoms with van der Waals surface area (Å²) in [6.07, 6.45) is -4.89. The highest BCUT2D eigenvalue weighted by atomic mass is 32.2. The number of benzene rings is 2. The van der Waals surface area contributed by atoms with Crippen molar-refractivity contribution in [3.63, 3.8) is 0 Å². The number of aromatic nitrogens is 2. The van der Waals surface area contributed by atoms with E-state index in [0.717, 1.165) is 24.3 Å². The normalized spacial score (nSPS) is 12.6. The van der Waals surface area contributed by atoms with Crippen LogP contribution in [0.4, 0.5) is 24.5 Å². The Morgan fingerprint density at radius 2 is 1.57 bits per heavy atom. The summed E-state index contributed by atoms with van der Waals surface area (Å²) < 4.78 is 71.4. The number of nitrogens with one attached hydrogen (secondary N) is 1. The molecule has 0 spiro atoms. The fourth-order valence-corrected chi connectivity index (χ4v) is 2.75. The number of alkyl halides is 3. The number of rotatable bonds is 4. The molecule has 0 amide bonds. The summed E-state index contributed by atoms with van der Waals surface area (Å²) in [5.41, 5.74) is -3.23. The summed E-state index contributed by atoms with van der Waals surface area (Å²) in [4.78, 5) is 12.0. The molecule has 1 heterocycles. The van der Waals surface area contributed by atoms with Gasteiger partial charge < -0.3 is 0 Å². The SMILES string of the molecule is O=c1c(N=Nc2ccc(S(=O)(=O)O)cc2)c(C(F)(F)F)[nH]n1-c1ccccc1. The zero-order valence-corrected chi connectivity index (χ0v) is 14.6. The first-order chi connectivity index (χ1) is 13.1. The van der Waals surface area contributed by atoms with Crippen LogP contribution in [0.3, 0.4) is 0 Å². The highest BCUT2D eigenvalue weighted by Gasteiger charge is 2.38. The van der Waals surface area contributed by atoms with Crippen molar-refractivity contribution in [1.29, 1.82) is 0 Å². The van der Waals surface area contributed by atoms with E-state index < -0.39 is 38.1 Å². The maximum atomic E-state index is 13.3. The predicted octanol–water partition coefficient (Wildman–Crippen LogP) is 3.85. The van der Waals surface area contributed by atoms with Gasteiger partial charge in [0.15, 0.2) is 11.4 Å². The van der Waals surface area contributed by atoms with Gasteiger partial charge in [-0.3, -0.25) is 14.4 Å². The molecule has 146 valence electrons. The van der Waals surface area contributed by atoms with E-state index in [9.17, 15) is 26.4 Å². The molecule has 0 saturated heterocycles. The number of aromatic amines is 1. The Hall–Kier alpha value is -3.25. The summed E-state index contributed by atoms with van der Waals surface area (Å²) in [7, 11) is -4.43. The van der Waals surface area contributed by atoms with Gasteiger partial charge in [-0.1, -0.05) is 18.2 Å². The summed E-state index contributed by atoms with van der Waals surface area (Å²) in [6.45, 7) is 0. The Morgan fingerprint density at radius 3 is 2.11 bits per heavy atom. The fourth-order valence-electron chi connectivity index (χ4n) is 2.27. The molecule has 3 rings (SSSR count). The third kappa shape index (κ3) is 4.02. The molecule has 8 nitrogen and oxygen atoms in total. The maximum absolute atomic E-state index is 13.3. The van der Waals surface area contributed by atoms with Crippen molar-refractivity contribution in [2.45, 2.75) is 11.1 Å². The topological polar surface area (TPSA) is 117 Å². The fraction of sp³-hybridized carbons (Fsp3) is 0.0625. The van der Waals surface area contributed by atoms with Crippen LogP contribution in [0.2, 0.25) is 0 Å². The second-order valence-corrected chi connectivity index (χ2v) is 6.90. The average Bonchev–Trinajstić information content (AvgIpc) is 2.97. The molecule has 0 bridgehead atoms. The lowest BCUT2D eigenvalue weighted by Crippen LogP contribution is -2.13. The van der Waals surface area contributed by atoms with Crippen LogP contribution >= 0.6 is 0 Å². The van der Waals surface area contributed by atoms with E-state index in [0.29, 0.717) is 4.68 Å². The van der Waals surface area contributed by atoms with E-state index in [1.54, 1.807) is 18.2 Å². The number of azo groups is 1. The minimum Gasteiger partial charge on any atom is -0.284 e. The average molecular weight is 412 g/mol. The van der Waals surface area contributed by atoms with Gasteiger partial charge in [-0.2, -0.15) is 26.7 Å². The van der Waals surface area contributed by atoms with Crippen LogP contribution in [0, 0.1) is 0 Å². The smallest absolute Gasteiger partial charge is 0.284 e. The number of hydrogen-bond acceptors (Lipinski definition) is 5. The number of para-hydroxylation sites is 1. The van der Waals surface area contributed by atoms with Gasteiger partial charge in [0.2, 0.25) is 0 Å². The van der Waals surface area contributed by atoms with Gasteiger partial charge in [-0.05, 0) is 36.4 Å². The van der Waals surface area contributed by atoms with Crippen LogP contribution < -0.4 is 5.56 Å². The van der Waals surface area contributed by atoms with Gasteiger partial charge in [0, 0.05) is 0 Å². The van der Waals surface area contributed by atoms with Crippen LogP contribution in [0.25, 0.3) is 5.69 Å². The quantitative estimate of drug-likeness (QED) is 0.500. The highest BCUT2D eigenvalue weighted by molar-refractivity contribution is 7.85. The van der Waals surface area contributed by atoms with Gasteiger partial charge in [-0.25, -0.2) is 4.68 Å². The standard InChI is InChI=1S/C16H11F3N4O4S/c17-16(18,19)14-13(15(24)23(22-14)11-4-2-1-3-5-11)21-20-10-6-8-12(9-7-10)28(25,26)27/h1-9,22H,(H,25,26,27). The summed E-state index contributed by atoms with van der Waals surface area (Å²) in [6, 6.07) is 11.8. The lowest BCUT2D eigenvalue weighted by Gasteiger charge is -2.04. The zero-order chi connectivity index (χ0) is 20.5. The number of H-pyrrole nitrogens is 1. The molecule has 0 aliphatic heterocycles. The second-order valence-electron chi connectivity index (χ2n) is 5.48.